The monoisotopic (exact) mass is 641 g/mol. The lowest BCUT2D eigenvalue weighted by molar-refractivity contribution is 0.0915. The maximum atomic E-state index is 13.6. The summed E-state index contributed by atoms with van der Waals surface area (Å²) in [6, 6.07) is 17.7. The van der Waals surface area contributed by atoms with Crippen LogP contribution in [0, 0.1) is 0 Å². The minimum absolute atomic E-state index is 0.0633. The Bertz CT molecular complexity index is 1890. The van der Waals surface area contributed by atoms with E-state index in [4.69, 9.17) is 4.74 Å². The number of anilines is 2. The van der Waals surface area contributed by atoms with E-state index in [0.717, 1.165) is 34.4 Å². The van der Waals surface area contributed by atoms with Crippen LogP contribution >= 0.6 is 11.3 Å². The van der Waals surface area contributed by atoms with Crippen molar-refractivity contribution in [1.29, 1.82) is 0 Å². The molecule has 3 heterocycles. The number of carbonyl (C=O) groups excluding carboxylic acids is 4. The molecule has 0 radical (unpaired) electrons. The molecule has 0 aliphatic heterocycles. The average Bonchev–Trinajstić information content (AvgIpc) is 3.76. The van der Waals surface area contributed by atoms with Crippen LogP contribution in [-0.4, -0.2) is 49.8 Å². The molecule has 3 aromatic heterocycles. The lowest BCUT2D eigenvalue weighted by Crippen LogP contribution is -2.40. The van der Waals surface area contributed by atoms with Gasteiger partial charge < -0.3 is 25.3 Å². The number of unbranched alkanes of at least 4 members (excludes halogenated alkanes) is 2. The van der Waals surface area contributed by atoms with Gasteiger partial charge in [-0.2, -0.15) is 4.68 Å². The zero-order valence-electron chi connectivity index (χ0n) is 26.0. The number of hydrogen-bond donors (Lipinski definition) is 3. The molecule has 5 aromatic rings. The maximum Gasteiger partial charge on any atom is 0.436 e. The molecule has 13 heteroatoms. The number of benzene rings is 2. The highest BCUT2D eigenvalue weighted by molar-refractivity contribution is 7.20. The summed E-state index contributed by atoms with van der Waals surface area (Å²) in [5.74, 6) is -1.18. The quantitative estimate of drug-likeness (QED) is 0.146. The van der Waals surface area contributed by atoms with Crippen LogP contribution in [0.3, 0.4) is 0 Å². The lowest BCUT2D eigenvalue weighted by atomic mass is 9.94. The molecule has 5 rings (SSSR count). The van der Waals surface area contributed by atoms with E-state index in [9.17, 15) is 19.2 Å². The van der Waals surface area contributed by atoms with E-state index in [1.807, 2.05) is 51.1 Å². The first-order valence-electron chi connectivity index (χ1n) is 14.9. The van der Waals surface area contributed by atoms with Gasteiger partial charge in [0.1, 0.15) is 4.83 Å². The Hall–Kier alpha value is -5.30. The molecule has 0 saturated carbocycles. The van der Waals surface area contributed by atoms with E-state index in [2.05, 4.69) is 26.0 Å². The fraction of sp³-hybridized carbons (Fsp3) is 0.273. The minimum atomic E-state index is -0.720. The SMILES string of the molecule is CCCCCOC(=O)n1nc(NC(=O)c2ccccc2NC(=O)c2nccn2C)c2cc(C(=O)NC(C)(C)c3ccccc3)sc21. The van der Waals surface area contributed by atoms with E-state index in [0.29, 0.717) is 21.5 Å². The van der Waals surface area contributed by atoms with Crippen molar-refractivity contribution in [3.63, 3.8) is 0 Å². The molecule has 0 spiro atoms. The Kier molecular flexibility index (Phi) is 9.61. The number of nitrogens with zero attached hydrogens (tertiary/aromatic N) is 4. The normalized spacial score (nSPS) is 11.3. The highest BCUT2D eigenvalue weighted by Crippen LogP contribution is 2.33. The smallest absolute Gasteiger partial charge is 0.436 e. The number of rotatable bonds is 11. The van der Waals surface area contributed by atoms with Crippen molar-refractivity contribution < 1.29 is 23.9 Å². The van der Waals surface area contributed by atoms with Crippen LogP contribution in [0.4, 0.5) is 16.3 Å². The molecular weight excluding hydrogens is 606 g/mol. The van der Waals surface area contributed by atoms with Crippen molar-refractivity contribution in [2.75, 3.05) is 17.2 Å². The van der Waals surface area contributed by atoms with E-state index in [1.165, 1.54) is 6.20 Å². The third kappa shape index (κ3) is 6.99. The van der Waals surface area contributed by atoms with Crippen LogP contribution in [0.15, 0.2) is 73.1 Å². The van der Waals surface area contributed by atoms with E-state index >= 15 is 0 Å². The number of nitrogens with one attached hydrogen (secondary N) is 3. The van der Waals surface area contributed by atoms with Crippen molar-refractivity contribution in [2.24, 2.45) is 7.05 Å². The zero-order chi connectivity index (χ0) is 32.8. The number of fused-ring (bicyclic) bond motifs is 1. The Morgan fingerprint density at radius 2 is 1.67 bits per heavy atom. The van der Waals surface area contributed by atoms with Crippen LogP contribution in [-0.2, 0) is 17.3 Å². The van der Waals surface area contributed by atoms with Crippen LogP contribution in [0.25, 0.3) is 10.2 Å². The Morgan fingerprint density at radius 3 is 2.39 bits per heavy atom. The molecule has 0 unspecified atom stereocenters. The Morgan fingerprint density at radius 1 is 0.935 bits per heavy atom. The number of hydrogen-bond acceptors (Lipinski definition) is 8. The first kappa shape index (κ1) is 32.1. The summed E-state index contributed by atoms with van der Waals surface area (Å²) >= 11 is 1.07. The Balaban J connectivity index is 1.44. The number of imidazole rings is 1. The van der Waals surface area contributed by atoms with Gasteiger partial charge in [-0.1, -0.05) is 62.2 Å². The summed E-state index contributed by atoms with van der Waals surface area (Å²) < 4.78 is 8.09. The second-order valence-corrected chi connectivity index (χ2v) is 12.2. The van der Waals surface area contributed by atoms with Gasteiger partial charge in [0.25, 0.3) is 17.7 Å². The molecule has 3 amide bonds. The van der Waals surface area contributed by atoms with Gasteiger partial charge >= 0.3 is 6.09 Å². The number of amides is 3. The van der Waals surface area contributed by atoms with E-state index < -0.39 is 23.4 Å². The van der Waals surface area contributed by atoms with E-state index in [-0.39, 0.29) is 35.4 Å². The predicted octanol–water partition coefficient (Wildman–Crippen LogP) is 6.18. The van der Waals surface area contributed by atoms with Gasteiger partial charge in [-0.15, -0.1) is 16.4 Å². The molecule has 0 aliphatic carbocycles. The number of aryl methyl sites for hydroxylation is 1. The van der Waals surface area contributed by atoms with Crippen molar-refractivity contribution in [3.05, 3.63) is 94.9 Å². The topological polar surface area (TPSA) is 149 Å². The molecule has 3 N–H and O–H groups in total. The number of ether oxygens (including phenoxy) is 1. The molecule has 0 aliphatic rings. The summed E-state index contributed by atoms with van der Waals surface area (Å²) in [5.41, 5.74) is 0.659. The largest absolute Gasteiger partial charge is 0.448 e. The predicted molar refractivity (Wildman–Crippen MR) is 176 cm³/mol. The summed E-state index contributed by atoms with van der Waals surface area (Å²) in [5, 5.41) is 13.3. The summed E-state index contributed by atoms with van der Waals surface area (Å²) in [7, 11) is 1.69. The van der Waals surface area contributed by atoms with Crippen LogP contribution in [0.5, 0.6) is 0 Å². The molecule has 0 saturated heterocycles. The van der Waals surface area contributed by atoms with Gasteiger partial charge in [-0.25, -0.2) is 9.78 Å². The maximum absolute atomic E-state index is 13.6. The number of para-hydroxylation sites is 1. The molecule has 12 nitrogen and oxygen atoms in total. The fourth-order valence-corrected chi connectivity index (χ4v) is 5.80. The number of thiophene rings is 1. The fourth-order valence-electron chi connectivity index (χ4n) is 4.81. The highest BCUT2D eigenvalue weighted by atomic mass is 32.1. The van der Waals surface area contributed by atoms with Crippen molar-refractivity contribution in [2.45, 2.75) is 45.6 Å². The highest BCUT2D eigenvalue weighted by Gasteiger charge is 2.28. The standard InChI is InChI=1S/C33H35N7O5S/c1-5-6-12-19-45-32(44)40-31-23(20-25(46-31)29(42)37-33(2,3)21-13-8-7-9-14-21)26(38-40)36-28(41)22-15-10-11-16-24(22)35-30(43)27-34-17-18-39(27)4/h7-11,13-18,20H,5-6,12,19H2,1-4H3,(H,35,43)(H,37,42)(H,36,38,41). The number of aromatic nitrogens is 4. The van der Waals surface area contributed by atoms with Gasteiger partial charge in [-0.3, -0.25) is 14.4 Å². The van der Waals surface area contributed by atoms with Crippen molar-refractivity contribution in [3.8, 4) is 0 Å². The summed E-state index contributed by atoms with van der Waals surface area (Å²) in [6.07, 6.45) is 4.99. The first-order valence-corrected chi connectivity index (χ1v) is 15.7. The van der Waals surface area contributed by atoms with Crippen molar-refractivity contribution >= 4 is 56.9 Å². The van der Waals surface area contributed by atoms with Crippen LogP contribution < -0.4 is 16.0 Å². The first-order chi connectivity index (χ1) is 22.1. The third-order valence-electron chi connectivity index (χ3n) is 7.33. The van der Waals surface area contributed by atoms with Crippen LogP contribution in [0.1, 0.15) is 76.2 Å². The molecule has 0 fully saturated rings. The molecular formula is C33H35N7O5S. The molecule has 0 bridgehead atoms. The van der Waals surface area contributed by atoms with Gasteiger partial charge in [0, 0.05) is 19.4 Å². The van der Waals surface area contributed by atoms with Gasteiger partial charge in [-0.05, 0) is 44.0 Å². The molecule has 46 heavy (non-hydrogen) atoms. The molecule has 2 aromatic carbocycles. The third-order valence-corrected chi connectivity index (χ3v) is 8.44. The second kappa shape index (κ2) is 13.8. The molecule has 238 valence electrons. The zero-order valence-corrected chi connectivity index (χ0v) is 26.8. The summed E-state index contributed by atoms with van der Waals surface area (Å²) in [6.45, 7) is 6.06. The van der Waals surface area contributed by atoms with Crippen molar-refractivity contribution in [1.82, 2.24) is 24.6 Å². The van der Waals surface area contributed by atoms with Gasteiger partial charge in [0.2, 0.25) is 0 Å². The van der Waals surface area contributed by atoms with Gasteiger partial charge in [0.15, 0.2) is 11.6 Å². The lowest BCUT2D eigenvalue weighted by Gasteiger charge is -2.26. The summed E-state index contributed by atoms with van der Waals surface area (Å²) in [4.78, 5) is 57.7. The average molecular weight is 642 g/mol. The van der Waals surface area contributed by atoms with Gasteiger partial charge in [0.05, 0.1) is 33.7 Å². The van der Waals surface area contributed by atoms with E-state index in [1.54, 1.807) is 48.1 Å². The second-order valence-electron chi connectivity index (χ2n) is 11.2. The molecule has 0 atom stereocenters. The Labute approximate surface area is 269 Å². The van der Waals surface area contributed by atoms with Crippen LogP contribution in [0.2, 0.25) is 0 Å². The minimum Gasteiger partial charge on any atom is -0.448 e. The number of carbonyl (C=O) groups is 4.